The van der Waals surface area contributed by atoms with Gasteiger partial charge in [0.25, 0.3) is 0 Å². The number of rotatable bonds is 7. The Kier molecular flexibility index (Phi) is 7.13. The van der Waals surface area contributed by atoms with Crippen molar-refractivity contribution in [2.24, 2.45) is 0 Å². The molecule has 2 saturated heterocycles. The molecule has 2 aliphatic heterocycles. The fourth-order valence-electron chi connectivity index (χ4n) is 5.53. The molecular weight excluding hydrogens is 599 g/mol. The second-order valence-electron chi connectivity index (χ2n) is 10.4. The molecule has 4 aromatic heterocycles. The third-order valence-electron chi connectivity index (χ3n) is 7.84. The predicted octanol–water partition coefficient (Wildman–Crippen LogP) is 0.898. The molecule has 43 heavy (non-hydrogen) atoms. The van der Waals surface area contributed by atoms with Crippen LogP contribution in [0, 0.1) is 5.82 Å². The highest BCUT2D eigenvalue weighted by atomic mass is 32.2. The molecule has 17 heteroatoms. The predicted molar refractivity (Wildman–Crippen MR) is 159 cm³/mol. The van der Waals surface area contributed by atoms with Gasteiger partial charge >= 0.3 is 4.87 Å². The Morgan fingerprint density at radius 3 is 2.53 bits per heavy atom. The first-order valence-corrected chi connectivity index (χ1v) is 16.1. The molecule has 2 aliphatic rings. The van der Waals surface area contributed by atoms with Crippen LogP contribution in [-0.2, 0) is 16.6 Å². The first-order chi connectivity index (χ1) is 20.8. The first-order valence-electron chi connectivity index (χ1n) is 13.9. The SMILES string of the molecule is Nc1nc2c(sc(=O)n2CCN2CCN(c3ccc(S(=O)(=O)N4CCNCC4)cc3F)CC2)c2nc(-c3ccco3)nn12. The molecule has 0 radical (unpaired) electrons. The number of nitrogen functional groups attached to an aromatic ring is 1. The minimum absolute atomic E-state index is 0.0300. The van der Waals surface area contributed by atoms with Gasteiger partial charge in [0.1, 0.15) is 10.5 Å². The number of sulfonamides is 1. The Hall–Kier alpha value is -3.90. The van der Waals surface area contributed by atoms with E-state index in [0.717, 1.165) is 17.4 Å². The zero-order valence-electron chi connectivity index (χ0n) is 23.0. The normalized spacial score (nSPS) is 17.4. The number of thiazole rings is 1. The maximum Gasteiger partial charge on any atom is 0.309 e. The van der Waals surface area contributed by atoms with Crippen LogP contribution in [0.15, 0.2) is 50.7 Å². The van der Waals surface area contributed by atoms with Crippen LogP contribution < -0.4 is 20.8 Å². The minimum atomic E-state index is -3.74. The fraction of sp³-hybridized carbons (Fsp3) is 0.385. The molecule has 0 spiro atoms. The van der Waals surface area contributed by atoms with Gasteiger partial charge < -0.3 is 20.4 Å². The van der Waals surface area contributed by atoms with Gasteiger partial charge in [0.05, 0.1) is 16.8 Å². The summed E-state index contributed by atoms with van der Waals surface area (Å²) in [5.41, 5.74) is 7.46. The van der Waals surface area contributed by atoms with Crippen molar-refractivity contribution in [1.29, 1.82) is 0 Å². The van der Waals surface area contributed by atoms with Crippen molar-refractivity contribution in [2.75, 3.05) is 69.5 Å². The topological polar surface area (TPSA) is 160 Å². The van der Waals surface area contributed by atoms with Gasteiger partial charge in [-0.05, 0) is 30.3 Å². The molecule has 7 rings (SSSR count). The Morgan fingerprint density at radius 1 is 1.02 bits per heavy atom. The summed E-state index contributed by atoms with van der Waals surface area (Å²) in [6, 6.07) is 7.64. The molecule has 226 valence electrons. The lowest BCUT2D eigenvalue weighted by atomic mass is 10.2. The average molecular weight is 629 g/mol. The summed E-state index contributed by atoms with van der Waals surface area (Å²) in [4.78, 5) is 25.9. The van der Waals surface area contributed by atoms with Crippen LogP contribution in [-0.4, -0.2) is 101 Å². The van der Waals surface area contributed by atoms with Crippen molar-refractivity contribution < 1.29 is 17.2 Å². The van der Waals surface area contributed by atoms with Crippen molar-refractivity contribution in [1.82, 2.24) is 38.7 Å². The van der Waals surface area contributed by atoms with Gasteiger partial charge in [-0.2, -0.15) is 13.8 Å². The highest BCUT2D eigenvalue weighted by Gasteiger charge is 2.28. The summed E-state index contributed by atoms with van der Waals surface area (Å²) in [5.74, 6) is 0.392. The molecule has 5 aromatic rings. The van der Waals surface area contributed by atoms with Crippen LogP contribution in [0.5, 0.6) is 0 Å². The van der Waals surface area contributed by atoms with E-state index in [-0.39, 0.29) is 15.7 Å². The van der Waals surface area contributed by atoms with Gasteiger partial charge in [-0.1, -0.05) is 11.3 Å². The molecule has 0 aliphatic carbocycles. The zero-order valence-corrected chi connectivity index (χ0v) is 24.7. The van der Waals surface area contributed by atoms with Gasteiger partial charge in [0.2, 0.25) is 21.8 Å². The third kappa shape index (κ3) is 5.06. The van der Waals surface area contributed by atoms with Gasteiger partial charge in [0.15, 0.2) is 17.1 Å². The largest absolute Gasteiger partial charge is 0.461 e. The van der Waals surface area contributed by atoms with E-state index in [2.05, 4.69) is 25.3 Å². The lowest BCUT2D eigenvalue weighted by molar-refractivity contribution is 0.248. The molecule has 1 aromatic carbocycles. The lowest BCUT2D eigenvalue weighted by Gasteiger charge is -2.36. The van der Waals surface area contributed by atoms with Crippen LogP contribution in [0.3, 0.4) is 0 Å². The monoisotopic (exact) mass is 628 g/mol. The molecule has 0 atom stereocenters. The van der Waals surface area contributed by atoms with Crippen molar-refractivity contribution in [3.8, 4) is 11.6 Å². The molecule has 2 fully saturated rings. The minimum Gasteiger partial charge on any atom is -0.461 e. The summed E-state index contributed by atoms with van der Waals surface area (Å²) >= 11 is 1.04. The highest BCUT2D eigenvalue weighted by molar-refractivity contribution is 7.89. The highest BCUT2D eigenvalue weighted by Crippen LogP contribution is 2.27. The lowest BCUT2D eigenvalue weighted by Crippen LogP contribution is -2.48. The van der Waals surface area contributed by atoms with E-state index in [1.54, 1.807) is 22.8 Å². The van der Waals surface area contributed by atoms with Crippen molar-refractivity contribution >= 4 is 49.0 Å². The second-order valence-corrected chi connectivity index (χ2v) is 13.3. The molecule has 0 amide bonds. The Morgan fingerprint density at radius 2 is 1.81 bits per heavy atom. The Labute approximate surface area is 249 Å². The summed E-state index contributed by atoms with van der Waals surface area (Å²) in [6.07, 6.45) is 1.53. The molecule has 0 bridgehead atoms. The van der Waals surface area contributed by atoms with Gasteiger partial charge in [-0.25, -0.2) is 17.8 Å². The first kappa shape index (κ1) is 27.9. The van der Waals surface area contributed by atoms with E-state index >= 15 is 4.39 Å². The standard InChI is InChI=1S/C26H29FN10O4S2/c27-18-16-17(43(39,40)35-7-5-29-6-8-35)3-4-19(18)34-12-9-33(10-13-34)11-14-36-23-21(42-26(36)38)24-30-22(20-2-1-15-41-20)32-37(24)25(28)31-23/h1-4,15-16,29H,5-14H2,(H2,28,31). The van der Waals surface area contributed by atoms with E-state index in [9.17, 15) is 13.2 Å². The number of benzene rings is 1. The Bertz CT molecular complexity index is 1960. The molecule has 0 saturated carbocycles. The number of nitrogens with zero attached hydrogens (tertiary/aromatic N) is 8. The number of furan rings is 1. The summed E-state index contributed by atoms with van der Waals surface area (Å²) < 4.78 is 51.4. The third-order valence-corrected chi connectivity index (χ3v) is 10.7. The number of fused-ring (bicyclic) bond motifs is 3. The van der Waals surface area contributed by atoms with E-state index in [1.807, 2.05) is 4.90 Å². The molecule has 0 unspecified atom stereocenters. The van der Waals surface area contributed by atoms with Crippen molar-refractivity contribution in [2.45, 2.75) is 11.4 Å². The van der Waals surface area contributed by atoms with Crippen LogP contribution >= 0.6 is 11.3 Å². The molecular formula is C26H29FN10O4S2. The molecule has 3 N–H and O–H groups in total. The number of halogens is 1. The van der Waals surface area contributed by atoms with Crippen LogP contribution in [0.4, 0.5) is 16.0 Å². The van der Waals surface area contributed by atoms with Gasteiger partial charge in [-0.3, -0.25) is 14.3 Å². The van der Waals surface area contributed by atoms with Crippen molar-refractivity contribution in [3.05, 3.63) is 52.1 Å². The van der Waals surface area contributed by atoms with E-state index in [0.29, 0.717) is 98.7 Å². The number of hydrogen-bond donors (Lipinski definition) is 2. The number of anilines is 2. The molecule has 14 nitrogen and oxygen atoms in total. The number of nitrogens with one attached hydrogen (secondary N) is 1. The number of piperazine rings is 2. The summed E-state index contributed by atoms with van der Waals surface area (Å²) in [7, 11) is -3.74. The fourth-order valence-corrected chi connectivity index (χ4v) is 7.91. The van der Waals surface area contributed by atoms with Crippen LogP contribution in [0.1, 0.15) is 0 Å². The number of nitrogens with two attached hydrogens (primary N) is 1. The van der Waals surface area contributed by atoms with Crippen molar-refractivity contribution in [3.63, 3.8) is 0 Å². The van der Waals surface area contributed by atoms with E-state index in [1.165, 1.54) is 21.2 Å². The van der Waals surface area contributed by atoms with Crippen LogP contribution in [0.25, 0.3) is 27.6 Å². The van der Waals surface area contributed by atoms with E-state index in [4.69, 9.17) is 10.2 Å². The van der Waals surface area contributed by atoms with Gasteiger partial charge in [-0.15, -0.1) is 5.10 Å². The maximum absolute atomic E-state index is 15.2. The zero-order chi connectivity index (χ0) is 29.7. The smallest absolute Gasteiger partial charge is 0.309 e. The summed E-state index contributed by atoms with van der Waals surface area (Å²) in [5, 5.41) is 7.51. The average Bonchev–Trinajstić information content (AvgIpc) is 3.77. The van der Waals surface area contributed by atoms with E-state index < -0.39 is 15.8 Å². The second kappa shape index (κ2) is 11.0. The van der Waals surface area contributed by atoms with Gasteiger partial charge in [0, 0.05) is 65.4 Å². The number of hydrogen-bond acceptors (Lipinski definition) is 12. The molecule has 6 heterocycles. The quantitative estimate of drug-likeness (QED) is 0.264. The Balaban J connectivity index is 1.03. The van der Waals surface area contributed by atoms with Crippen LogP contribution in [0.2, 0.25) is 0 Å². The summed E-state index contributed by atoms with van der Waals surface area (Å²) in [6.45, 7) is 5.26. The maximum atomic E-state index is 15.2. The number of aromatic nitrogens is 5.